The van der Waals surface area contributed by atoms with Crippen molar-refractivity contribution >= 4 is 44.7 Å². The quantitative estimate of drug-likeness (QED) is 0.226. The van der Waals surface area contributed by atoms with Gasteiger partial charge in [0.2, 0.25) is 0 Å². The van der Waals surface area contributed by atoms with E-state index in [1.54, 1.807) is 13.2 Å². The van der Waals surface area contributed by atoms with E-state index >= 15 is 0 Å². The summed E-state index contributed by atoms with van der Waals surface area (Å²) in [5.74, 6) is 0.454. The van der Waals surface area contributed by atoms with E-state index in [4.69, 9.17) is 9.47 Å². The second-order valence-electron chi connectivity index (χ2n) is 9.54. The average molecular weight is 545 g/mol. The van der Waals surface area contributed by atoms with Crippen LogP contribution in [-0.4, -0.2) is 30.1 Å². The molecule has 7 rings (SSSR count). The first-order valence-corrected chi connectivity index (χ1v) is 12.9. The maximum absolute atomic E-state index is 13.0. The van der Waals surface area contributed by atoms with Gasteiger partial charge in [-0.05, 0) is 74.6 Å². The van der Waals surface area contributed by atoms with Gasteiger partial charge in [-0.2, -0.15) is 10.1 Å². The number of nitrogens with zero attached hydrogens (tertiary/aromatic N) is 2. The number of imide groups is 1. The van der Waals surface area contributed by atoms with Crippen LogP contribution in [-0.2, 0) is 16.2 Å². The third-order valence-corrected chi connectivity index (χ3v) is 8.15. The zero-order chi connectivity index (χ0) is 24.8. The van der Waals surface area contributed by atoms with Gasteiger partial charge in [-0.1, -0.05) is 54.6 Å². The second kappa shape index (κ2) is 9.21. The first-order valence-electron chi connectivity index (χ1n) is 12.1. The Balaban J connectivity index is 1.22. The van der Waals surface area contributed by atoms with E-state index in [0.29, 0.717) is 28.1 Å². The van der Waals surface area contributed by atoms with E-state index in [-0.39, 0.29) is 35.5 Å². The molecular weight excluding hydrogens is 520 g/mol. The predicted molar refractivity (Wildman–Crippen MR) is 141 cm³/mol. The molecule has 182 valence electrons. The highest BCUT2D eigenvalue weighted by Gasteiger charge is 2.56. The maximum Gasteiger partial charge on any atom is 0.254 e. The number of carbonyl (C=O) groups is 2. The summed E-state index contributed by atoms with van der Waals surface area (Å²) in [5, 5.41) is 7.68. The van der Waals surface area contributed by atoms with Gasteiger partial charge in [0.15, 0.2) is 11.5 Å². The lowest BCUT2D eigenvalue weighted by atomic mass is 9.63. The van der Waals surface area contributed by atoms with Crippen LogP contribution in [0.15, 0.2) is 76.3 Å². The lowest BCUT2D eigenvalue weighted by Gasteiger charge is -2.37. The van der Waals surface area contributed by atoms with Gasteiger partial charge in [0, 0.05) is 0 Å². The summed E-state index contributed by atoms with van der Waals surface area (Å²) < 4.78 is 12.5. The Labute approximate surface area is 217 Å². The van der Waals surface area contributed by atoms with Crippen LogP contribution in [0.2, 0.25) is 0 Å². The molecule has 2 fully saturated rings. The number of hydrogen-bond acceptors (Lipinski definition) is 5. The molecule has 3 aliphatic carbocycles. The van der Waals surface area contributed by atoms with Crippen molar-refractivity contribution in [3.63, 3.8) is 0 Å². The van der Waals surface area contributed by atoms with E-state index in [2.05, 4.69) is 51.4 Å². The molecule has 3 aromatic rings. The Morgan fingerprint density at radius 3 is 2.39 bits per heavy atom. The number of rotatable bonds is 6. The van der Waals surface area contributed by atoms with E-state index in [1.807, 2.05) is 30.3 Å². The molecule has 0 aromatic heterocycles. The summed E-state index contributed by atoms with van der Waals surface area (Å²) in [6.45, 7) is 0.375. The standard InChI is InChI=1S/C29H25BrN2O4/c1-35-24-14-17(15-31-32-28(33)25-19-9-10-20(12-11-19)26(25)29(32)34)13-23(30)27(24)36-16-21-7-4-6-18-5-2-3-8-22(18)21/h2-10,13-15,19-20,25-26H,11-12,16H2,1H3/b31-15-/t19-,20-,25+,26+/m0/s1. The molecule has 36 heavy (non-hydrogen) atoms. The number of benzene rings is 3. The zero-order valence-electron chi connectivity index (χ0n) is 19.8. The SMILES string of the molecule is COc1cc(/C=N\N2C(=O)[C@H]3[C@H](C2=O)[C@H]2C=C[C@H]3CC2)cc(Br)c1OCc1cccc2ccccc12. The van der Waals surface area contributed by atoms with Gasteiger partial charge in [-0.25, -0.2) is 0 Å². The molecule has 4 atom stereocenters. The van der Waals surface area contributed by atoms with Gasteiger partial charge in [-0.15, -0.1) is 0 Å². The fourth-order valence-electron chi connectivity index (χ4n) is 5.82. The zero-order valence-corrected chi connectivity index (χ0v) is 21.4. The van der Waals surface area contributed by atoms with Crippen molar-refractivity contribution in [1.82, 2.24) is 5.01 Å². The molecule has 2 amide bonds. The van der Waals surface area contributed by atoms with E-state index < -0.39 is 0 Å². The molecule has 1 saturated carbocycles. The minimum absolute atomic E-state index is 0.143. The molecule has 1 aliphatic heterocycles. The van der Waals surface area contributed by atoms with Crippen LogP contribution in [0.5, 0.6) is 11.5 Å². The highest BCUT2D eigenvalue weighted by atomic mass is 79.9. The first kappa shape index (κ1) is 23.0. The van der Waals surface area contributed by atoms with Crippen LogP contribution >= 0.6 is 15.9 Å². The minimum Gasteiger partial charge on any atom is -0.493 e. The minimum atomic E-state index is -0.274. The molecule has 7 heteroatoms. The normalized spacial score (nSPS) is 24.7. The van der Waals surface area contributed by atoms with Gasteiger partial charge < -0.3 is 9.47 Å². The Bertz CT molecular complexity index is 1390. The van der Waals surface area contributed by atoms with Crippen LogP contribution in [0.4, 0.5) is 0 Å². The molecule has 1 saturated heterocycles. The van der Waals surface area contributed by atoms with Crippen molar-refractivity contribution in [3.8, 4) is 11.5 Å². The first-order chi connectivity index (χ1) is 17.5. The third kappa shape index (κ3) is 3.82. The topological polar surface area (TPSA) is 68.2 Å². The van der Waals surface area contributed by atoms with Crippen LogP contribution in [0.1, 0.15) is 24.0 Å². The molecule has 0 unspecified atom stereocenters. The summed E-state index contributed by atoms with van der Waals surface area (Å²) in [6.07, 6.45) is 7.66. The smallest absolute Gasteiger partial charge is 0.254 e. The summed E-state index contributed by atoms with van der Waals surface area (Å²) in [6, 6.07) is 18.0. The van der Waals surface area contributed by atoms with Crippen molar-refractivity contribution in [2.45, 2.75) is 19.4 Å². The van der Waals surface area contributed by atoms with Crippen LogP contribution in [0.25, 0.3) is 10.8 Å². The van der Waals surface area contributed by atoms with Gasteiger partial charge in [-0.3, -0.25) is 9.59 Å². The lowest BCUT2D eigenvalue weighted by Crippen LogP contribution is -2.38. The van der Waals surface area contributed by atoms with Crippen molar-refractivity contribution in [2.24, 2.45) is 28.8 Å². The molecule has 1 heterocycles. The van der Waals surface area contributed by atoms with Crippen molar-refractivity contribution in [2.75, 3.05) is 7.11 Å². The predicted octanol–water partition coefficient (Wildman–Crippen LogP) is 5.72. The number of carbonyl (C=O) groups excluding carboxylic acids is 2. The van der Waals surface area contributed by atoms with Crippen molar-refractivity contribution in [1.29, 1.82) is 0 Å². The Hall–Kier alpha value is -3.45. The monoisotopic (exact) mass is 544 g/mol. The fourth-order valence-corrected chi connectivity index (χ4v) is 6.39. The number of ether oxygens (including phenoxy) is 2. The number of hydrogen-bond donors (Lipinski definition) is 0. The fraction of sp³-hybridized carbons (Fsp3) is 0.276. The van der Waals surface area contributed by atoms with Crippen molar-refractivity contribution < 1.29 is 19.1 Å². The molecular formula is C29H25BrN2O4. The van der Waals surface area contributed by atoms with Crippen LogP contribution in [0, 0.1) is 23.7 Å². The number of allylic oxidation sites excluding steroid dienone is 2. The van der Waals surface area contributed by atoms with E-state index in [1.165, 1.54) is 6.21 Å². The molecule has 2 bridgehead atoms. The largest absolute Gasteiger partial charge is 0.493 e. The Kier molecular flexibility index (Phi) is 5.88. The maximum atomic E-state index is 13.0. The molecule has 0 N–H and O–H groups in total. The molecule has 0 spiro atoms. The number of halogens is 1. The van der Waals surface area contributed by atoms with Gasteiger partial charge in [0.05, 0.1) is 29.6 Å². The molecule has 6 nitrogen and oxygen atoms in total. The van der Waals surface area contributed by atoms with E-state index in [9.17, 15) is 9.59 Å². The third-order valence-electron chi connectivity index (χ3n) is 7.56. The second-order valence-corrected chi connectivity index (χ2v) is 10.4. The Morgan fingerprint density at radius 2 is 1.69 bits per heavy atom. The number of fused-ring (bicyclic) bond motifs is 2. The Morgan fingerprint density at radius 1 is 1.00 bits per heavy atom. The lowest BCUT2D eigenvalue weighted by molar-refractivity contribution is -0.140. The molecule has 0 radical (unpaired) electrons. The highest BCUT2D eigenvalue weighted by Crippen LogP contribution is 2.49. The van der Waals surface area contributed by atoms with Gasteiger partial charge in [0.25, 0.3) is 11.8 Å². The highest BCUT2D eigenvalue weighted by molar-refractivity contribution is 9.10. The molecule has 3 aromatic carbocycles. The number of methoxy groups -OCH3 is 1. The van der Waals surface area contributed by atoms with Gasteiger partial charge >= 0.3 is 0 Å². The summed E-state index contributed by atoms with van der Waals surface area (Å²) in [7, 11) is 1.58. The summed E-state index contributed by atoms with van der Waals surface area (Å²) in [5.41, 5.74) is 1.76. The van der Waals surface area contributed by atoms with Crippen LogP contribution < -0.4 is 9.47 Å². The van der Waals surface area contributed by atoms with Gasteiger partial charge in [0.1, 0.15) is 6.61 Å². The number of hydrazone groups is 1. The van der Waals surface area contributed by atoms with Crippen LogP contribution in [0.3, 0.4) is 0 Å². The van der Waals surface area contributed by atoms with Crippen molar-refractivity contribution in [3.05, 3.63) is 82.3 Å². The average Bonchev–Trinajstić information content (AvgIpc) is 3.18. The van der Waals surface area contributed by atoms with E-state index in [0.717, 1.165) is 34.2 Å². The summed E-state index contributed by atoms with van der Waals surface area (Å²) in [4.78, 5) is 26.0. The molecule has 4 aliphatic rings. The number of amides is 2. The summed E-state index contributed by atoms with van der Waals surface area (Å²) >= 11 is 3.59.